The standard InChI is InChI=1S/C17H15F2O2/c1-3-4-11-7-10-14(21-2)15(16(11)19)17(20)12-5-8-13(18)9-6-12/h5-10H,1,3-4H2,2H3. The summed E-state index contributed by atoms with van der Waals surface area (Å²) >= 11 is 0. The Labute approximate surface area is 122 Å². The number of hydrogen-bond acceptors (Lipinski definition) is 2. The Morgan fingerprint density at radius 1 is 1.14 bits per heavy atom. The third-order valence-corrected chi connectivity index (χ3v) is 3.18. The average Bonchev–Trinajstić information content (AvgIpc) is 2.49. The van der Waals surface area contributed by atoms with Gasteiger partial charge in [0.1, 0.15) is 22.9 Å². The summed E-state index contributed by atoms with van der Waals surface area (Å²) in [5, 5.41) is 0. The van der Waals surface area contributed by atoms with E-state index in [9.17, 15) is 13.6 Å². The fraction of sp³-hybridized carbons (Fsp3) is 0.176. The molecule has 0 bridgehead atoms. The van der Waals surface area contributed by atoms with Crippen LogP contribution >= 0.6 is 0 Å². The van der Waals surface area contributed by atoms with Crippen LogP contribution in [0, 0.1) is 18.6 Å². The monoisotopic (exact) mass is 289 g/mol. The van der Waals surface area contributed by atoms with E-state index in [-0.39, 0.29) is 16.9 Å². The molecular formula is C17H15F2O2. The second-order valence-electron chi connectivity index (χ2n) is 4.56. The number of ether oxygens (including phenoxy) is 1. The van der Waals surface area contributed by atoms with Gasteiger partial charge in [-0.1, -0.05) is 13.0 Å². The first-order valence-corrected chi connectivity index (χ1v) is 6.53. The first-order valence-electron chi connectivity index (χ1n) is 6.53. The Morgan fingerprint density at radius 3 is 2.38 bits per heavy atom. The number of carbonyl (C=O) groups is 1. The summed E-state index contributed by atoms with van der Waals surface area (Å²) in [5.74, 6) is -1.43. The molecule has 0 amide bonds. The molecule has 2 rings (SSSR count). The van der Waals surface area contributed by atoms with Crippen molar-refractivity contribution in [2.45, 2.75) is 12.8 Å². The third-order valence-electron chi connectivity index (χ3n) is 3.18. The molecule has 0 atom stereocenters. The van der Waals surface area contributed by atoms with Gasteiger partial charge >= 0.3 is 0 Å². The number of aryl methyl sites for hydroxylation is 1. The van der Waals surface area contributed by atoms with Crippen LogP contribution in [0.25, 0.3) is 0 Å². The van der Waals surface area contributed by atoms with E-state index in [4.69, 9.17) is 4.74 Å². The van der Waals surface area contributed by atoms with Crippen LogP contribution in [-0.4, -0.2) is 12.9 Å². The third kappa shape index (κ3) is 3.10. The SMILES string of the molecule is [CH2]CCc1ccc(OC)c(C(=O)c2ccc(F)cc2)c1F. The summed E-state index contributed by atoms with van der Waals surface area (Å²) in [6.45, 7) is 3.68. The molecule has 0 unspecified atom stereocenters. The van der Waals surface area contributed by atoms with E-state index in [0.717, 1.165) is 12.1 Å². The molecule has 0 aliphatic carbocycles. The van der Waals surface area contributed by atoms with E-state index < -0.39 is 17.4 Å². The highest BCUT2D eigenvalue weighted by Gasteiger charge is 2.21. The molecule has 0 spiro atoms. The minimum absolute atomic E-state index is 0.130. The maximum Gasteiger partial charge on any atom is 0.199 e. The second-order valence-corrected chi connectivity index (χ2v) is 4.56. The van der Waals surface area contributed by atoms with Crippen LogP contribution in [0.2, 0.25) is 0 Å². The lowest BCUT2D eigenvalue weighted by Gasteiger charge is -2.12. The van der Waals surface area contributed by atoms with Crippen molar-refractivity contribution in [3.05, 3.63) is 71.6 Å². The summed E-state index contributed by atoms with van der Waals surface area (Å²) in [6, 6.07) is 8.12. The molecule has 4 heteroatoms. The number of rotatable bonds is 5. The molecule has 109 valence electrons. The summed E-state index contributed by atoms with van der Waals surface area (Å²) < 4.78 is 32.5. The Balaban J connectivity index is 2.52. The van der Waals surface area contributed by atoms with E-state index in [1.165, 1.54) is 19.2 Å². The maximum atomic E-state index is 14.5. The lowest BCUT2D eigenvalue weighted by molar-refractivity contribution is 0.103. The van der Waals surface area contributed by atoms with Gasteiger partial charge < -0.3 is 4.74 Å². The van der Waals surface area contributed by atoms with Gasteiger partial charge in [0.2, 0.25) is 0 Å². The van der Waals surface area contributed by atoms with Gasteiger partial charge in [0.25, 0.3) is 0 Å². The predicted octanol–water partition coefficient (Wildman–Crippen LogP) is 3.97. The predicted molar refractivity (Wildman–Crippen MR) is 76.5 cm³/mol. The molecule has 0 saturated carbocycles. The van der Waals surface area contributed by atoms with Gasteiger partial charge in [0, 0.05) is 5.56 Å². The zero-order valence-electron chi connectivity index (χ0n) is 11.7. The van der Waals surface area contributed by atoms with Crippen LogP contribution in [0.5, 0.6) is 5.75 Å². The molecule has 0 aliphatic heterocycles. The quantitative estimate of drug-likeness (QED) is 0.778. The number of halogens is 2. The number of benzene rings is 2. The van der Waals surface area contributed by atoms with E-state index in [1.807, 2.05) is 0 Å². The first kappa shape index (κ1) is 15.2. The first-order chi connectivity index (χ1) is 10.1. The Bertz CT molecular complexity index is 649. The Morgan fingerprint density at radius 2 is 1.81 bits per heavy atom. The summed E-state index contributed by atoms with van der Waals surface area (Å²) in [4.78, 5) is 12.5. The highest BCUT2D eigenvalue weighted by atomic mass is 19.1. The van der Waals surface area contributed by atoms with E-state index in [0.29, 0.717) is 18.4 Å². The highest BCUT2D eigenvalue weighted by molar-refractivity contribution is 6.11. The van der Waals surface area contributed by atoms with E-state index in [1.54, 1.807) is 12.1 Å². The molecule has 0 N–H and O–H groups in total. The van der Waals surface area contributed by atoms with Gasteiger partial charge in [-0.05, 0) is 48.7 Å². The minimum atomic E-state index is -0.604. The van der Waals surface area contributed by atoms with Crippen molar-refractivity contribution in [1.29, 1.82) is 0 Å². The molecular weight excluding hydrogens is 274 g/mol. The average molecular weight is 289 g/mol. The normalized spacial score (nSPS) is 10.5. The van der Waals surface area contributed by atoms with Crippen molar-refractivity contribution in [2.24, 2.45) is 0 Å². The van der Waals surface area contributed by atoms with Crippen LogP contribution in [0.15, 0.2) is 36.4 Å². The summed E-state index contributed by atoms with van der Waals surface area (Å²) in [6.07, 6.45) is 0.951. The second kappa shape index (κ2) is 6.48. The summed E-state index contributed by atoms with van der Waals surface area (Å²) in [7, 11) is 1.37. The summed E-state index contributed by atoms with van der Waals surface area (Å²) in [5.41, 5.74) is 0.492. The Hall–Kier alpha value is -2.23. The molecule has 0 aliphatic rings. The van der Waals surface area contributed by atoms with Gasteiger partial charge in [0.05, 0.1) is 7.11 Å². The largest absolute Gasteiger partial charge is 0.496 e. The van der Waals surface area contributed by atoms with E-state index in [2.05, 4.69) is 6.92 Å². The molecule has 0 heterocycles. The molecule has 2 aromatic carbocycles. The van der Waals surface area contributed by atoms with Crippen molar-refractivity contribution in [3.63, 3.8) is 0 Å². The minimum Gasteiger partial charge on any atom is -0.496 e. The van der Waals surface area contributed by atoms with Crippen LogP contribution in [-0.2, 0) is 6.42 Å². The molecule has 21 heavy (non-hydrogen) atoms. The van der Waals surface area contributed by atoms with Crippen LogP contribution < -0.4 is 4.74 Å². The van der Waals surface area contributed by atoms with Crippen LogP contribution in [0.4, 0.5) is 8.78 Å². The zero-order chi connectivity index (χ0) is 15.4. The van der Waals surface area contributed by atoms with Gasteiger partial charge in [0.15, 0.2) is 5.78 Å². The molecule has 2 aromatic rings. The van der Waals surface area contributed by atoms with Gasteiger partial charge in [-0.25, -0.2) is 8.78 Å². The lowest BCUT2D eigenvalue weighted by atomic mass is 9.97. The molecule has 0 aromatic heterocycles. The van der Waals surface area contributed by atoms with E-state index >= 15 is 0 Å². The molecule has 2 nitrogen and oxygen atoms in total. The smallest absolute Gasteiger partial charge is 0.199 e. The fourth-order valence-electron chi connectivity index (χ4n) is 2.11. The molecule has 0 fully saturated rings. The molecule has 0 saturated heterocycles. The zero-order valence-corrected chi connectivity index (χ0v) is 11.7. The topological polar surface area (TPSA) is 26.3 Å². The number of carbonyl (C=O) groups excluding carboxylic acids is 1. The number of methoxy groups -OCH3 is 1. The molecule has 1 radical (unpaired) electrons. The lowest BCUT2D eigenvalue weighted by Crippen LogP contribution is -2.09. The van der Waals surface area contributed by atoms with Crippen LogP contribution in [0.1, 0.15) is 27.9 Å². The fourth-order valence-corrected chi connectivity index (χ4v) is 2.11. The van der Waals surface area contributed by atoms with Gasteiger partial charge in [-0.15, -0.1) is 0 Å². The van der Waals surface area contributed by atoms with Crippen molar-refractivity contribution in [3.8, 4) is 5.75 Å². The van der Waals surface area contributed by atoms with Crippen LogP contribution in [0.3, 0.4) is 0 Å². The van der Waals surface area contributed by atoms with Gasteiger partial charge in [-0.2, -0.15) is 0 Å². The van der Waals surface area contributed by atoms with Crippen molar-refractivity contribution < 1.29 is 18.3 Å². The number of hydrogen-bond donors (Lipinski definition) is 0. The highest BCUT2D eigenvalue weighted by Crippen LogP contribution is 2.27. The van der Waals surface area contributed by atoms with Crippen molar-refractivity contribution in [1.82, 2.24) is 0 Å². The van der Waals surface area contributed by atoms with Crippen molar-refractivity contribution in [2.75, 3.05) is 7.11 Å². The number of ketones is 1. The van der Waals surface area contributed by atoms with Crippen molar-refractivity contribution >= 4 is 5.78 Å². The Kier molecular flexibility index (Phi) is 4.68. The maximum absolute atomic E-state index is 14.5. The van der Waals surface area contributed by atoms with Gasteiger partial charge in [-0.3, -0.25) is 4.79 Å².